The molecule has 0 radical (unpaired) electrons. The molecule has 0 bridgehead atoms. The SMILES string of the molecule is CCn1c2c(c3c(C)cccc31)CCSC2CCN. The quantitative estimate of drug-likeness (QED) is 0.926. The van der Waals surface area contributed by atoms with E-state index in [4.69, 9.17) is 5.73 Å². The number of hydrogen-bond acceptors (Lipinski definition) is 2. The third kappa shape index (κ3) is 2.00. The third-order valence-electron chi connectivity index (χ3n) is 4.16. The predicted octanol–water partition coefficient (Wildman–Crippen LogP) is 3.65. The normalized spacial score (nSPS) is 18.8. The van der Waals surface area contributed by atoms with Gasteiger partial charge in [0.1, 0.15) is 0 Å². The van der Waals surface area contributed by atoms with E-state index in [1.165, 1.54) is 28.6 Å². The van der Waals surface area contributed by atoms with Crippen LogP contribution in [0.2, 0.25) is 0 Å². The molecule has 2 nitrogen and oxygen atoms in total. The number of aryl methyl sites for hydroxylation is 3. The van der Waals surface area contributed by atoms with Crippen LogP contribution in [0.15, 0.2) is 18.2 Å². The van der Waals surface area contributed by atoms with Crippen LogP contribution in [0.1, 0.15) is 35.4 Å². The maximum absolute atomic E-state index is 5.81. The van der Waals surface area contributed by atoms with Crippen LogP contribution in [0.3, 0.4) is 0 Å². The predicted molar refractivity (Wildman–Crippen MR) is 84.9 cm³/mol. The Kier molecular flexibility index (Phi) is 3.59. The fourth-order valence-electron chi connectivity index (χ4n) is 3.41. The Bertz CT molecular complexity index is 600. The summed E-state index contributed by atoms with van der Waals surface area (Å²) in [6.45, 7) is 6.32. The van der Waals surface area contributed by atoms with Crippen molar-refractivity contribution in [2.45, 2.75) is 38.5 Å². The Balaban J connectivity index is 2.29. The van der Waals surface area contributed by atoms with Crippen LogP contribution in [0.5, 0.6) is 0 Å². The molecule has 0 saturated carbocycles. The smallest absolute Gasteiger partial charge is 0.0488 e. The van der Waals surface area contributed by atoms with Gasteiger partial charge in [-0.25, -0.2) is 0 Å². The average molecular weight is 274 g/mol. The molecule has 3 rings (SSSR count). The van der Waals surface area contributed by atoms with Crippen molar-refractivity contribution in [1.82, 2.24) is 4.57 Å². The van der Waals surface area contributed by atoms with Gasteiger partial charge in [0.05, 0.1) is 0 Å². The van der Waals surface area contributed by atoms with Gasteiger partial charge in [-0.2, -0.15) is 11.8 Å². The Hall–Kier alpha value is -0.930. The van der Waals surface area contributed by atoms with Crippen LogP contribution < -0.4 is 5.73 Å². The second-order valence-corrected chi connectivity index (χ2v) is 6.57. The highest BCUT2D eigenvalue weighted by atomic mass is 32.2. The molecule has 102 valence electrons. The number of benzene rings is 1. The highest BCUT2D eigenvalue weighted by molar-refractivity contribution is 7.99. The summed E-state index contributed by atoms with van der Waals surface area (Å²) in [6.07, 6.45) is 2.29. The first-order valence-electron chi connectivity index (χ1n) is 7.20. The van der Waals surface area contributed by atoms with Crippen molar-refractivity contribution in [2.24, 2.45) is 5.73 Å². The Morgan fingerprint density at radius 3 is 3.00 bits per heavy atom. The van der Waals surface area contributed by atoms with E-state index < -0.39 is 0 Å². The van der Waals surface area contributed by atoms with Gasteiger partial charge in [-0.3, -0.25) is 0 Å². The molecule has 1 aliphatic rings. The number of rotatable bonds is 3. The fraction of sp³-hybridized carbons (Fsp3) is 0.500. The van der Waals surface area contributed by atoms with Gasteiger partial charge in [0.15, 0.2) is 0 Å². The van der Waals surface area contributed by atoms with Crippen LogP contribution >= 0.6 is 11.8 Å². The third-order valence-corrected chi connectivity index (χ3v) is 5.47. The average Bonchev–Trinajstić information content (AvgIpc) is 2.75. The van der Waals surface area contributed by atoms with Crippen molar-refractivity contribution >= 4 is 22.7 Å². The summed E-state index contributed by atoms with van der Waals surface area (Å²) in [6, 6.07) is 6.69. The van der Waals surface area contributed by atoms with Crippen LogP contribution in [-0.4, -0.2) is 16.9 Å². The van der Waals surface area contributed by atoms with E-state index >= 15 is 0 Å². The molecule has 1 atom stereocenters. The monoisotopic (exact) mass is 274 g/mol. The lowest BCUT2D eigenvalue weighted by molar-refractivity contribution is 0.684. The summed E-state index contributed by atoms with van der Waals surface area (Å²) in [7, 11) is 0. The fourth-order valence-corrected chi connectivity index (χ4v) is 4.74. The van der Waals surface area contributed by atoms with E-state index in [-0.39, 0.29) is 0 Å². The Morgan fingerprint density at radius 2 is 2.26 bits per heavy atom. The zero-order valence-corrected chi connectivity index (χ0v) is 12.6. The Morgan fingerprint density at radius 1 is 1.42 bits per heavy atom. The van der Waals surface area contributed by atoms with E-state index in [0.29, 0.717) is 5.25 Å². The van der Waals surface area contributed by atoms with Crippen LogP contribution in [-0.2, 0) is 13.0 Å². The molecule has 0 fully saturated rings. The first-order valence-corrected chi connectivity index (χ1v) is 8.25. The zero-order chi connectivity index (χ0) is 13.4. The van der Waals surface area contributed by atoms with E-state index in [2.05, 4.69) is 48.4 Å². The summed E-state index contributed by atoms with van der Waals surface area (Å²) >= 11 is 2.08. The van der Waals surface area contributed by atoms with Gasteiger partial charge >= 0.3 is 0 Å². The maximum atomic E-state index is 5.81. The molecule has 19 heavy (non-hydrogen) atoms. The lowest BCUT2D eigenvalue weighted by Crippen LogP contribution is -2.15. The Labute approximate surface area is 119 Å². The van der Waals surface area contributed by atoms with Crippen molar-refractivity contribution in [2.75, 3.05) is 12.3 Å². The van der Waals surface area contributed by atoms with E-state index in [1.54, 1.807) is 11.3 Å². The summed E-state index contributed by atoms with van der Waals surface area (Å²) in [5.74, 6) is 1.23. The molecule has 2 N–H and O–H groups in total. The van der Waals surface area contributed by atoms with E-state index in [9.17, 15) is 0 Å². The van der Waals surface area contributed by atoms with Gasteiger partial charge in [0, 0.05) is 28.4 Å². The molecule has 0 amide bonds. The number of thioether (sulfide) groups is 1. The molecule has 1 aliphatic heterocycles. The van der Waals surface area contributed by atoms with Crippen molar-refractivity contribution in [3.8, 4) is 0 Å². The van der Waals surface area contributed by atoms with Crippen LogP contribution in [0, 0.1) is 6.92 Å². The van der Waals surface area contributed by atoms with Crippen LogP contribution in [0.4, 0.5) is 0 Å². The first-order chi connectivity index (χ1) is 9.27. The molecule has 2 heterocycles. The molecule has 0 spiro atoms. The second kappa shape index (κ2) is 5.22. The van der Waals surface area contributed by atoms with Crippen molar-refractivity contribution in [3.63, 3.8) is 0 Å². The molecule has 1 unspecified atom stereocenters. The molecule has 1 aromatic carbocycles. The minimum absolute atomic E-state index is 0.584. The van der Waals surface area contributed by atoms with E-state index in [1.807, 2.05) is 0 Å². The zero-order valence-electron chi connectivity index (χ0n) is 11.8. The van der Waals surface area contributed by atoms with Gasteiger partial charge in [0.25, 0.3) is 0 Å². The number of hydrogen-bond donors (Lipinski definition) is 1. The van der Waals surface area contributed by atoms with Gasteiger partial charge in [-0.1, -0.05) is 12.1 Å². The second-order valence-electron chi connectivity index (χ2n) is 5.26. The number of fused-ring (bicyclic) bond motifs is 3. The highest BCUT2D eigenvalue weighted by Gasteiger charge is 2.27. The van der Waals surface area contributed by atoms with Crippen molar-refractivity contribution in [3.05, 3.63) is 35.0 Å². The molecule has 0 aliphatic carbocycles. The molecule has 0 saturated heterocycles. The molecule has 3 heteroatoms. The summed E-state index contributed by atoms with van der Waals surface area (Å²) < 4.78 is 2.52. The van der Waals surface area contributed by atoms with Gasteiger partial charge in [0.2, 0.25) is 0 Å². The standard InChI is InChI=1S/C16H22N2S/c1-3-18-13-6-4-5-11(2)15(13)12-8-10-19-14(7-9-17)16(12)18/h4-6,14H,3,7-10,17H2,1-2H3. The topological polar surface area (TPSA) is 30.9 Å². The molecular formula is C16H22N2S. The molecular weight excluding hydrogens is 252 g/mol. The van der Waals surface area contributed by atoms with Gasteiger partial charge < -0.3 is 10.3 Å². The minimum Gasteiger partial charge on any atom is -0.343 e. The molecule has 1 aromatic heterocycles. The lowest BCUT2D eigenvalue weighted by atomic mass is 10.0. The maximum Gasteiger partial charge on any atom is 0.0488 e. The summed E-state index contributed by atoms with van der Waals surface area (Å²) in [5.41, 5.74) is 11.8. The van der Waals surface area contributed by atoms with E-state index in [0.717, 1.165) is 19.5 Å². The summed E-state index contributed by atoms with van der Waals surface area (Å²) in [5, 5.41) is 2.09. The van der Waals surface area contributed by atoms with Crippen molar-refractivity contribution < 1.29 is 0 Å². The number of nitrogens with two attached hydrogens (primary N) is 1. The van der Waals surface area contributed by atoms with Crippen molar-refractivity contribution in [1.29, 1.82) is 0 Å². The summed E-state index contributed by atoms with van der Waals surface area (Å²) in [4.78, 5) is 0. The van der Waals surface area contributed by atoms with Gasteiger partial charge in [-0.15, -0.1) is 0 Å². The number of nitrogens with zero attached hydrogens (tertiary/aromatic N) is 1. The first kappa shape index (κ1) is 13.1. The molecule has 2 aromatic rings. The minimum atomic E-state index is 0.584. The largest absolute Gasteiger partial charge is 0.343 e. The highest BCUT2D eigenvalue weighted by Crippen LogP contribution is 2.44. The van der Waals surface area contributed by atoms with Crippen LogP contribution in [0.25, 0.3) is 10.9 Å². The number of aromatic nitrogens is 1. The van der Waals surface area contributed by atoms with Gasteiger partial charge in [-0.05, 0) is 56.2 Å². The lowest BCUT2D eigenvalue weighted by Gasteiger charge is -2.24.